The molecule has 0 bridgehead atoms. The van der Waals surface area contributed by atoms with Crippen molar-refractivity contribution in [2.24, 2.45) is 10.7 Å². The number of rotatable bonds is 3. The standard InChI is InChI=1S/C19H17F3N4O/c1-11-5-14(19(20,21)22)9-16(6-11)26-18(27)25-15-4-2-3-12(7-15)13-8-17(23)24-10-13/h2-7,9-10H,8H2,1H3,(H2,23,24)(H2,25,26,27). The summed E-state index contributed by atoms with van der Waals surface area (Å²) in [5.41, 5.74) is 7.58. The Hall–Kier alpha value is -3.29. The Balaban J connectivity index is 1.71. The number of hydrogen-bond acceptors (Lipinski definition) is 3. The quantitative estimate of drug-likeness (QED) is 0.724. The number of urea groups is 1. The van der Waals surface area contributed by atoms with Crippen LogP contribution in [0.5, 0.6) is 0 Å². The number of amides is 2. The molecule has 0 unspecified atom stereocenters. The Morgan fingerprint density at radius 2 is 1.85 bits per heavy atom. The third-order valence-electron chi connectivity index (χ3n) is 3.91. The lowest BCUT2D eigenvalue weighted by molar-refractivity contribution is -0.137. The van der Waals surface area contributed by atoms with Gasteiger partial charge in [-0.05, 0) is 54.0 Å². The maximum Gasteiger partial charge on any atom is 0.416 e. The molecule has 3 rings (SSSR count). The zero-order chi connectivity index (χ0) is 19.6. The molecule has 1 heterocycles. The first kappa shape index (κ1) is 18.5. The number of benzene rings is 2. The van der Waals surface area contributed by atoms with Gasteiger partial charge in [0, 0.05) is 24.0 Å². The van der Waals surface area contributed by atoms with Crippen LogP contribution in [0, 0.1) is 6.92 Å². The summed E-state index contributed by atoms with van der Waals surface area (Å²) >= 11 is 0. The van der Waals surface area contributed by atoms with Crippen LogP contribution in [0.3, 0.4) is 0 Å². The molecule has 2 amide bonds. The lowest BCUT2D eigenvalue weighted by atomic mass is 10.0. The van der Waals surface area contributed by atoms with Gasteiger partial charge in [-0.25, -0.2) is 9.79 Å². The van der Waals surface area contributed by atoms with Gasteiger partial charge in [-0.2, -0.15) is 13.2 Å². The molecule has 0 aromatic heterocycles. The van der Waals surface area contributed by atoms with Gasteiger partial charge >= 0.3 is 12.2 Å². The predicted molar refractivity (Wildman–Crippen MR) is 99.5 cm³/mol. The average molecular weight is 374 g/mol. The van der Waals surface area contributed by atoms with Gasteiger partial charge in [0.2, 0.25) is 0 Å². The monoisotopic (exact) mass is 374 g/mol. The van der Waals surface area contributed by atoms with E-state index in [2.05, 4.69) is 15.6 Å². The number of amidine groups is 1. The number of carbonyl (C=O) groups is 1. The van der Waals surface area contributed by atoms with E-state index in [-0.39, 0.29) is 5.69 Å². The second-order valence-electron chi connectivity index (χ2n) is 6.20. The number of aryl methyl sites for hydroxylation is 1. The maximum atomic E-state index is 12.9. The number of nitrogens with two attached hydrogens (primary N) is 1. The second kappa shape index (κ2) is 7.14. The van der Waals surface area contributed by atoms with Gasteiger partial charge in [0.15, 0.2) is 0 Å². The first-order chi connectivity index (χ1) is 12.7. The van der Waals surface area contributed by atoms with Crippen LogP contribution in [-0.2, 0) is 6.18 Å². The normalized spacial score (nSPS) is 13.8. The summed E-state index contributed by atoms with van der Waals surface area (Å²) in [7, 11) is 0. The highest BCUT2D eigenvalue weighted by Crippen LogP contribution is 2.32. The molecule has 140 valence electrons. The van der Waals surface area contributed by atoms with Gasteiger partial charge in [0.1, 0.15) is 5.84 Å². The number of halogens is 3. The molecular formula is C19H17F3N4O. The molecule has 27 heavy (non-hydrogen) atoms. The lowest BCUT2D eigenvalue weighted by Crippen LogP contribution is -2.20. The summed E-state index contributed by atoms with van der Waals surface area (Å²) in [6.07, 6.45) is -2.29. The summed E-state index contributed by atoms with van der Waals surface area (Å²) in [6.45, 7) is 1.53. The van der Waals surface area contributed by atoms with Gasteiger partial charge in [-0.15, -0.1) is 0 Å². The van der Waals surface area contributed by atoms with E-state index in [1.807, 2.05) is 6.07 Å². The molecule has 2 aromatic rings. The Morgan fingerprint density at radius 3 is 2.52 bits per heavy atom. The van der Waals surface area contributed by atoms with E-state index in [0.29, 0.717) is 23.5 Å². The van der Waals surface area contributed by atoms with Crippen LogP contribution in [0.1, 0.15) is 23.1 Å². The van der Waals surface area contributed by atoms with E-state index >= 15 is 0 Å². The van der Waals surface area contributed by atoms with E-state index in [4.69, 9.17) is 5.73 Å². The second-order valence-corrected chi connectivity index (χ2v) is 6.20. The fourth-order valence-electron chi connectivity index (χ4n) is 2.73. The molecule has 0 spiro atoms. The molecule has 0 radical (unpaired) electrons. The van der Waals surface area contributed by atoms with Crippen LogP contribution < -0.4 is 16.4 Å². The molecule has 4 N–H and O–H groups in total. The molecule has 0 fully saturated rings. The number of carbonyl (C=O) groups excluding carboxylic acids is 1. The van der Waals surface area contributed by atoms with E-state index in [1.54, 1.807) is 24.4 Å². The molecule has 0 aliphatic carbocycles. The summed E-state index contributed by atoms with van der Waals surface area (Å²) in [6, 6.07) is 9.80. The molecule has 0 saturated carbocycles. The summed E-state index contributed by atoms with van der Waals surface area (Å²) < 4.78 is 38.7. The SMILES string of the molecule is Cc1cc(NC(=O)Nc2cccc(C3=CN=C(N)C3)c2)cc(C(F)(F)F)c1. The number of nitrogens with zero attached hydrogens (tertiary/aromatic N) is 1. The number of nitrogens with one attached hydrogen (secondary N) is 2. The highest BCUT2D eigenvalue weighted by atomic mass is 19.4. The fourth-order valence-corrected chi connectivity index (χ4v) is 2.73. The molecule has 8 heteroatoms. The molecule has 5 nitrogen and oxygen atoms in total. The zero-order valence-electron chi connectivity index (χ0n) is 14.4. The molecule has 1 aliphatic heterocycles. The summed E-state index contributed by atoms with van der Waals surface area (Å²) in [5.74, 6) is 0.515. The van der Waals surface area contributed by atoms with Crippen molar-refractivity contribution in [3.63, 3.8) is 0 Å². The van der Waals surface area contributed by atoms with E-state index in [9.17, 15) is 18.0 Å². The Bertz CT molecular complexity index is 948. The minimum Gasteiger partial charge on any atom is -0.387 e. The van der Waals surface area contributed by atoms with Crippen LogP contribution in [0.4, 0.5) is 29.3 Å². The van der Waals surface area contributed by atoms with Crippen molar-refractivity contribution in [2.75, 3.05) is 10.6 Å². The minimum absolute atomic E-state index is 0.0654. The third-order valence-corrected chi connectivity index (χ3v) is 3.91. The lowest BCUT2D eigenvalue weighted by Gasteiger charge is -2.13. The first-order valence-electron chi connectivity index (χ1n) is 8.09. The average Bonchev–Trinajstić information content (AvgIpc) is 3.00. The molecule has 0 atom stereocenters. The van der Waals surface area contributed by atoms with Gasteiger partial charge in [-0.3, -0.25) is 0 Å². The maximum absolute atomic E-state index is 12.9. The molecule has 1 aliphatic rings. The van der Waals surface area contributed by atoms with Crippen LogP contribution in [0.15, 0.2) is 53.7 Å². The van der Waals surface area contributed by atoms with Gasteiger partial charge in [-0.1, -0.05) is 12.1 Å². The van der Waals surface area contributed by atoms with Crippen LogP contribution in [-0.4, -0.2) is 11.9 Å². The number of hydrogen-bond donors (Lipinski definition) is 3. The van der Waals surface area contributed by atoms with E-state index in [0.717, 1.165) is 23.3 Å². The van der Waals surface area contributed by atoms with Crippen LogP contribution in [0.2, 0.25) is 0 Å². The summed E-state index contributed by atoms with van der Waals surface area (Å²) in [5, 5.41) is 5.05. The molecule has 2 aromatic carbocycles. The zero-order valence-corrected chi connectivity index (χ0v) is 14.4. The summed E-state index contributed by atoms with van der Waals surface area (Å²) in [4.78, 5) is 16.2. The predicted octanol–water partition coefficient (Wildman–Crippen LogP) is 4.76. The molecular weight excluding hydrogens is 357 g/mol. The van der Waals surface area contributed by atoms with Gasteiger partial charge < -0.3 is 16.4 Å². The Labute approximate surface area is 153 Å². The topological polar surface area (TPSA) is 79.5 Å². The first-order valence-corrected chi connectivity index (χ1v) is 8.09. The minimum atomic E-state index is -4.48. The van der Waals surface area contributed by atoms with Crippen LogP contribution >= 0.6 is 0 Å². The van der Waals surface area contributed by atoms with Crippen LogP contribution in [0.25, 0.3) is 5.57 Å². The fraction of sp³-hybridized carbons (Fsp3) is 0.158. The Morgan fingerprint density at radius 1 is 1.11 bits per heavy atom. The Kier molecular flexibility index (Phi) is 4.89. The highest BCUT2D eigenvalue weighted by Gasteiger charge is 2.31. The van der Waals surface area contributed by atoms with Crippen molar-refractivity contribution in [3.05, 3.63) is 65.4 Å². The van der Waals surface area contributed by atoms with Crippen molar-refractivity contribution in [1.29, 1.82) is 0 Å². The number of aliphatic imine (C=N–C) groups is 1. The largest absolute Gasteiger partial charge is 0.416 e. The van der Waals surface area contributed by atoms with Gasteiger partial charge in [0.05, 0.1) is 5.56 Å². The number of alkyl halides is 3. The van der Waals surface area contributed by atoms with Gasteiger partial charge in [0.25, 0.3) is 0 Å². The van der Waals surface area contributed by atoms with Crippen molar-refractivity contribution in [1.82, 2.24) is 0 Å². The van der Waals surface area contributed by atoms with E-state index in [1.165, 1.54) is 13.0 Å². The molecule has 0 saturated heterocycles. The van der Waals surface area contributed by atoms with Crippen molar-refractivity contribution in [2.45, 2.75) is 19.5 Å². The van der Waals surface area contributed by atoms with Crippen molar-refractivity contribution in [3.8, 4) is 0 Å². The highest BCUT2D eigenvalue weighted by molar-refractivity contribution is 6.00. The number of anilines is 2. The van der Waals surface area contributed by atoms with E-state index < -0.39 is 17.8 Å². The third kappa shape index (κ3) is 4.66. The smallest absolute Gasteiger partial charge is 0.387 e. The van der Waals surface area contributed by atoms with Crippen molar-refractivity contribution >= 4 is 28.8 Å². The van der Waals surface area contributed by atoms with Crippen molar-refractivity contribution < 1.29 is 18.0 Å².